The van der Waals surface area contributed by atoms with Crippen molar-refractivity contribution >= 4 is 0 Å². The highest BCUT2D eigenvalue weighted by Gasteiger charge is 2.49. The standard InChI is InChI=1S/C11H21NO/c1-4-10(3)7-12-8-11(13-10)5-9(2)6-11/h9,12H,4-8H2,1-3H3. The molecule has 0 radical (unpaired) electrons. The molecule has 1 spiro atoms. The molecule has 13 heavy (non-hydrogen) atoms. The Morgan fingerprint density at radius 3 is 2.62 bits per heavy atom. The van der Waals surface area contributed by atoms with Gasteiger partial charge in [-0.2, -0.15) is 0 Å². The molecule has 1 atom stereocenters. The van der Waals surface area contributed by atoms with Gasteiger partial charge in [-0.1, -0.05) is 13.8 Å². The Morgan fingerprint density at radius 1 is 1.38 bits per heavy atom. The van der Waals surface area contributed by atoms with E-state index in [2.05, 4.69) is 26.1 Å². The van der Waals surface area contributed by atoms with Crippen LogP contribution in [0.2, 0.25) is 0 Å². The summed E-state index contributed by atoms with van der Waals surface area (Å²) in [6, 6.07) is 0. The zero-order valence-corrected chi connectivity index (χ0v) is 9.02. The summed E-state index contributed by atoms with van der Waals surface area (Å²) < 4.78 is 6.25. The van der Waals surface area contributed by atoms with E-state index < -0.39 is 0 Å². The van der Waals surface area contributed by atoms with Crippen molar-refractivity contribution in [1.29, 1.82) is 0 Å². The molecule has 0 bridgehead atoms. The predicted molar refractivity (Wildman–Crippen MR) is 53.8 cm³/mol. The van der Waals surface area contributed by atoms with E-state index in [1.54, 1.807) is 0 Å². The average molecular weight is 183 g/mol. The first-order valence-electron chi connectivity index (χ1n) is 5.48. The van der Waals surface area contributed by atoms with E-state index in [1.807, 2.05) is 0 Å². The Kier molecular flexibility index (Phi) is 2.16. The Labute approximate surface area is 81.0 Å². The minimum absolute atomic E-state index is 0.0817. The van der Waals surface area contributed by atoms with Gasteiger partial charge in [-0.3, -0.25) is 0 Å². The van der Waals surface area contributed by atoms with Crippen LogP contribution >= 0.6 is 0 Å². The molecule has 1 saturated heterocycles. The van der Waals surface area contributed by atoms with Crippen molar-refractivity contribution in [2.75, 3.05) is 13.1 Å². The van der Waals surface area contributed by atoms with Gasteiger partial charge in [0.25, 0.3) is 0 Å². The lowest BCUT2D eigenvalue weighted by molar-refractivity contribution is -0.218. The molecule has 0 amide bonds. The maximum Gasteiger partial charge on any atom is 0.0819 e. The number of morpholine rings is 1. The summed E-state index contributed by atoms with van der Waals surface area (Å²) in [4.78, 5) is 0. The lowest BCUT2D eigenvalue weighted by Crippen LogP contribution is -2.63. The third-order valence-electron chi connectivity index (χ3n) is 3.60. The minimum atomic E-state index is 0.0817. The van der Waals surface area contributed by atoms with Crippen molar-refractivity contribution in [1.82, 2.24) is 5.32 Å². The lowest BCUT2D eigenvalue weighted by atomic mass is 9.70. The Bertz CT molecular complexity index is 193. The largest absolute Gasteiger partial charge is 0.366 e. The van der Waals surface area contributed by atoms with E-state index in [-0.39, 0.29) is 11.2 Å². The summed E-state index contributed by atoms with van der Waals surface area (Å²) >= 11 is 0. The molecular weight excluding hydrogens is 162 g/mol. The molecule has 0 aromatic rings. The molecule has 76 valence electrons. The molecular formula is C11H21NO. The molecule has 2 fully saturated rings. The highest BCUT2D eigenvalue weighted by Crippen LogP contribution is 2.44. The van der Waals surface area contributed by atoms with Gasteiger partial charge in [-0.15, -0.1) is 0 Å². The summed E-state index contributed by atoms with van der Waals surface area (Å²) in [5.41, 5.74) is 0.279. The quantitative estimate of drug-likeness (QED) is 0.671. The van der Waals surface area contributed by atoms with Crippen LogP contribution < -0.4 is 5.32 Å². The first kappa shape index (κ1) is 9.47. The van der Waals surface area contributed by atoms with Crippen molar-refractivity contribution < 1.29 is 4.74 Å². The van der Waals surface area contributed by atoms with Gasteiger partial charge in [-0.05, 0) is 32.1 Å². The SMILES string of the molecule is CCC1(C)CNCC2(CC(C)C2)O1. The first-order valence-corrected chi connectivity index (χ1v) is 5.48. The fourth-order valence-corrected chi connectivity index (χ4v) is 2.78. The van der Waals surface area contributed by atoms with E-state index in [0.717, 1.165) is 25.4 Å². The van der Waals surface area contributed by atoms with Crippen molar-refractivity contribution in [2.24, 2.45) is 5.92 Å². The van der Waals surface area contributed by atoms with Crippen molar-refractivity contribution in [3.05, 3.63) is 0 Å². The third-order valence-corrected chi connectivity index (χ3v) is 3.60. The van der Waals surface area contributed by atoms with Crippen molar-refractivity contribution in [3.63, 3.8) is 0 Å². The monoisotopic (exact) mass is 183 g/mol. The van der Waals surface area contributed by atoms with E-state index in [1.165, 1.54) is 12.8 Å². The van der Waals surface area contributed by atoms with E-state index in [0.29, 0.717) is 0 Å². The average Bonchev–Trinajstić information content (AvgIpc) is 2.02. The van der Waals surface area contributed by atoms with Crippen LogP contribution in [0.1, 0.15) is 40.0 Å². The maximum atomic E-state index is 6.25. The number of nitrogens with one attached hydrogen (secondary N) is 1. The van der Waals surface area contributed by atoms with Crippen LogP contribution in [0.15, 0.2) is 0 Å². The minimum Gasteiger partial charge on any atom is -0.366 e. The van der Waals surface area contributed by atoms with Gasteiger partial charge >= 0.3 is 0 Å². The smallest absolute Gasteiger partial charge is 0.0819 e. The molecule has 1 unspecified atom stereocenters. The van der Waals surface area contributed by atoms with Gasteiger partial charge in [0, 0.05) is 13.1 Å². The van der Waals surface area contributed by atoms with Gasteiger partial charge in [0.2, 0.25) is 0 Å². The fraction of sp³-hybridized carbons (Fsp3) is 1.00. The van der Waals surface area contributed by atoms with E-state index >= 15 is 0 Å². The summed E-state index contributed by atoms with van der Waals surface area (Å²) in [6.45, 7) is 8.83. The van der Waals surface area contributed by atoms with Crippen LogP contribution in [0.4, 0.5) is 0 Å². The molecule has 1 heterocycles. The summed E-state index contributed by atoms with van der Waals surface area (Å²) in [5.74, 6) is 0.862. The zero-order chi connectivity index (χ0) is 9.53. The van der Waals surface area contributed by atoms with Crippen LogP contribution in [0.25, 0.3) is 0 Å². The Morgan fingerprint density at radius 2 is 2.08 bits per heavy atom. The highest BCUT2D eigenvalue weighted by molar-refractivity contribution is 5.01. The van der Waals surface area contributed by atoms with E-state index in [9.17, 15) is 0 Å². The van der Waals surface area contributed by atoms with Gasteiger partial charge in [-0.25, -0.2) is 0 Å². The molecule has 2 rings (SSSR count). The normalized spacial score (nSPS) is 50.5. The van der Waals surface area contributed by atoms with Crippen LogP contribution in [0, 0.1) is 5.92 Å². The Hall–Kier alpha value is -0.0800. The van der Waals surface area contributed by atoms with Crippen molar-refractivity contribution in [2.45, 2.75) is 51.2 Å². The molecule has 0 aromatic carbocycles. The molecule has 1 aliphatic carbocycles. The van der Waals surface area contributed by atoms with Crippen LogP contribution in [0.3, 0.4) is 0 Å². The van der Waals surface area contributed by atoms with Gasteiger partial charge in [0.15, 0.2) is 0 Å². The molecule has 1 saturated carbocycles. The zero-order valence-electron chi connectivity index (χ0n) is 9.02. The van der Waals surface area contributed by atoms with Crippen LogP contribution in [0.5, 0.6) is 0 Å². The highest BCUT2D eigenvalue weighted by atomic mass is 16.5. The van der Waals surface area contributed by atoms with Crippen LogP contribution in [-0.2, 0) is 4.74 Å². The predicted octanol–water partition coefficient (Wildman–Crippen LogP) is 1.94. The van der Waals surface area contributed by atoms with Crippen molar-refractivity contribution in [3.8, 4) is 0 Å². The van der Waals surface area contributed by atoms with Crippen LogP contribution in [-0.4, -0.2) is 24.3 Å². The van der Waals surface area contributed by atoms with Gasteiger partial charge in [0.05, 0.1) is 11.2 Å². The molecule has 0 aromatic heterocycles. The Balaban J connectivity index is 2.00. The summed E-state index contributed by atoms with van der Waals surface area (Å²) in [7, 11) is 0. The molecule has 2 aliphatic rings. The topological polar surface area (TPSA) is 21.3 Å². The number of hydrogen-bond acceptors (Lipinski definition) is 2. The second-order valence-corrected chi connectivity index (χ2v) is 5.21. The first-order chi connectivity index (χ1) is 6.08. The number of hydrogen-bond donors (Lipinski definition) is 1. The molecule has 1 aliphatic heterocycles. The number of rotatable bonds is 1. The summed E-state index contributed by atoms with van der Waals surface area (Å²) in [5, 5.41) is 3.51. The number of ether oxygens (including phenoxy) is 1. The molecule has 2 heteroatoms. The molecule has 1 N–H and O–H groups in total. The van der Waals surface area contributed by atoms with E-state index in [4.69, 9.17) is 4.74 Å². The lowest BCUT2D eigenvalue weighted by Gasteiger charge is -2.54. The third kappa shape index (κ3) is 1.62. The van der Waals surface area contributed by atoms with Gasteiger partial charge in [0.1, 0.15) is 0 Å². The second-order valence-electron chi connectivity index (χ2n) is 5.21. The fourth-order valence-electron chi connectivity index (χ4n) is 2.78. The summed E-state index contributed by atoms with van der Waals surface area (Å²) in [6.07, 6.45) is 3.60. The maximum absolute atomic E-state index is 6.25. The second kappa shape index (κ2) is 2.96. The molecule has 2 nitrogen and oxygen atoms in total. The van der Waals surface area contributed by atoms with Gasteiger partial charge < -0.3 is 10.1 Å².